The highest BCUT2D eigenvalue weighted by molar-refractivity contribution is 4.90. The summed E-state index contributed by atoms with van der Waals surface area (Å²) in [6.45, 7) is 2.97. The molecule has 3 heteroatoms. The van der Waals surface area contributed by atoms with Crippen molar-refractivity contribution in [2.45, 2.75) is 38.3 Å². The Hall–Kier alpha value is -0.120. The summed E-state index contributed by atoms with van der Waals surface area (Å²) in [7, 11) is 3.50. The molecule has 1 aliphatic rings. The van der Waals surface area contributed by atoms with Gasteiger partial charge in [0.15, 0.2) is 0 Å². The predicted molar refractivity (Wildman–Crippen MR) is 57.2 cm³/mol. The average Bonchev–Trinajstić information content (AvgIpc) is 2.99. The summed E-state index contributed by atoms with van der Waals surface area (Å²) in [6.07, 6.45) is 3.83. The van der Waals surface area contributed by atoms with Gasteiger partial charge in [-0.05, 0) is 31.1 Å². The smallest absolute Gasteiger partial charge is 0.0752 e. The average molecular weight is 201 g/mol. The summed E-state index contributed by atoms with van der Waals surface area (Å²) in [5.74, 6) is 1.18. The molecule has 0 aromatic heterocycles. The van der Waals surface area contributed by atoms with E-state index in [4.69, 9.17) is 15.2 Å². The maximum Gasteiger partial charge on any atom is 0.0752 e. The van der Waals surface area contributed by atoms with Gasteiger partial charge in [-0.25, -0.2) is 0 Å². The second kappa shape index (κ2) is 5.69. The molecular weight excluding hydrogens is 178 g/mol. The molecular formula is C11H23NO2. The Morgan fingerprint density at radius 2 is 2.00 bits per heavy atom. The van der Waals surface area contributed by atoms with E-state index in [1.807, 2.05) is 0 Å². The van der Waals surface area contributed by atoms with Crippen LogP contribution in [-0.4, -0.2) is 33.0 Å². The molecule has 1 rings (SSSR count). The number of methoxy groups -OCH3 is 2. The number of hydrogen-bond donors (Lipinski definition) is 1. The van der Waals surface area contributed by atoms with Gasteiger partial charge in [0.25, 0.3) is 0 Å². The van der Waals surface area contributed by atoms with Crippen molar-refractivity contribution in [1.29, 1.82) is 0 Å². The van der Waals surface area contributed by atoms with Crippen molar-refractivity contribution in [1.82, 2.24) is 0 Å². The van der Waals surface area contributed by atoms with Crippen molar-refractivity contribution < 1.29 is 9.47 Å². The lowest BCUT2D eigenvalue weighted by Gasteiger charge is -2.27. The minimum atomic E-state index is 0.155. The zero-order valence-electron chi connectivity index (χ0n) is 9.53. The molecule has 1 fully saturated rings. The van der Waals surface area contributed by atoms with Crippen LogP contribution in [0.3, 0.4) is 0 Å². The van der Waals surface area contributed by atoms with Crippen LogP contribution in [0.4, 0.5) is 0 Å². The van der Waals surface area contributed by atoms with Crippen molar-refractivity contribution >= 4 is 0 Å². The Labute approximate surface area is 86.9 Å². The molecule has 0 spiro atoms. The first-order valence-corrected chi connectivity index (χ1v) is 5.48. The number of ether oxygens (including phenoxy) is 2. The van der Waals surface area contributed by atoms with Crippen LogP contribution in [0.15, 0.2) is 0 Å². The fourth-order valence-corrected chi connectivity index (χ4v) is 1.91. The van der Waals surface area contributed by atoms with Gasteiger partial charge < -0.3 is 15.2 Å². The van der Waals surface area contributed by atoms with Crippen LogP contribution in [0.2, 0.25) is 0 Å². The number of nitrogens with two attached hydrogens (primary N) is 1. The van der Waals surface area contributed by atoms with Gasteiger partial charge in [0.1, 0.15) is 0 Å². The van der Waals surface area contributed by atoms with Gasteiger partial charge in [0.05, 0.1) is 6.10 Å². The van der Waals surface area contributed by atoms with Gasteiger partial charge in [-0.15, -0.1) is 0 Å². The van der Waals surface area contributed by atoms with Gasteiger partial charge in [-0.3, -0.25) is 0 Å². The molecule has 0 radical (unpaired) electrons. The van der Waals surface area contributed by atoms with E-state index in [2.05, 4.69) is 6.92 Å². The first-order chi connectivity index (χ1) is 6.70. The number of rotatable bonds is 7. The van der Waals surface area contributed by atoms with Crippen LogP contribution < -0.4 is 5.73 Å². The molecule has 3 nitrogen and oxygen atoms in total. The molecule has 0 bridgehead atoms. The van der Waals surface area contributed by atoms with E-state index in [9.17, 15) is 0 Å². The predicted octanol–water partition coefficient (Wildman–Crippen LogP) is 1.41. The lowest BCUT2D eigenvalue weighted by molar-refractivity contribution is 0.0415. The van der Waals surface area contributed by atoms with Gasteiger partial charge in [0, 0.05) is 26.9 Å². The summed E-state index contributed by atoms with van der Waals surface area (Å²) >= 11 is 0. The van der Waals surface area contributed by atoms with Gasteiger partial charge >= 0.3 is 0 Å². The maximum absolute atomic E-state index is 6.17. The van der Waals surface area contributed by atoms with Crippen molar-refractivity contribution in [2.24, 2.45) is 17.6 Å². The summed E-state index contributed by atoms with van der Waals surface area (Å²) in [6, 6.07) is 0.155. The largest absolute Gasteiger partial charge is 0.385 e. The minimum Gasteiger partial charge on any atom is -0.385 e. The normalized spacial score (nSPS) is 23.1. The van der Waals surface area contributed by atoms with Crippen molar-refractivity contribution in [3.05, 3.63) is 0 Å². The van der Waals surface area contributed by atoms with Crippen molar-refractivity contribution in [3.63, 3.8) is 0 Å². The SMILES string of the molecule is COCCC(C)C(N)C(OC)C1CC1. The Bertz CT molecular complexity index is 159. The van der Waals surface area contributed by atoms with E-state index < -0.39 is 0 Å². The monoisotopic (exact) mass is 201 g/mol. The highest BCUT2D eigenvalue weighted by Crippen LogP contribution is 2.36. The topological polar surface area (TPSA) is 44.5 Å². The minimum absolute atomic E-state index is 0.155. The molecule has 0 aromatic rings. The quantitative estimate of drug-likeness (QED) is 0.677. The van der Waals surface area contributed by atoms with Gasteiger partial charge in [0.2, 0.25) is 0 Å². The second-order valence-corrected chi connectivity index (χ2v) is 4.37. The maximum atomic E-state index is 6.17. The van der Waals surface area contributed by atoms with Crippen LogP contribution >= 0.6 is 0 Å². The first-order valence-electron chi connectivity index (χ1n) is 5.48. The number of hydrogen-bond acceptors (Lipinski definition) is 3. The van der Waals surface area contributed by atoms with Crippen LogP contribution in [0.1, 0.15) is 26.2 Å². The molecule has 3 unspecified atom stereocenters. The zero-order valence-corrected chi connectivity index (χ0v) is 9.53. The van der Waals surface area contributed by atoms with E-state index in [0.717, 1.165) is 13.0 Å². The Balaban J connectivity index is 2.32. The fourth-order valence-electron chi connectivity index (χ4n) is 1.91. The third-order valence-electron chi connectivity index (χ3n) is 3.17. The summed E-state index contributed by atoms with van der Waals surface area (Å²) in [4.78, 5) is 0. The second-order valence-electron chi connectivity index (χ2n) is 4.37. The zero-order chi connectivity index (χ0) is 10.6. The summed E-state index contributed by atoms with van der Waals surface area (Å²) in [5.41, 5.74) is 6.17. The third kappa shape index (κ3) is 3.23. The van der Waals surface area contributed by atoms with Crippen LogP contribution in [0.5, 0.6) is 0 Å². The Kier molecular flexibility index (Phi) is 4.85. The van der Waals surface area contributed by atoms with Gasteiger partial charge in [-0.2, -0.15) is 0 Å². The highest BCUT2D eigenvalue weighted by Gasteiger charge is 2.36. The molecule has 0 amide bonds. The summed E-state index contributed by atoms with van der Waals surface area (Å²) < 4.78 is 10.5. The van der Waals surface area contributed by atoms with Crippen molar-refractivity contribution in [2.75, 3.05) is 20.8 Å². The molecule has 14 heavy (non-hydrogen) atoms. The van der Waals surface area contributed by atoms with Gasteiger partial charge in [-0.1, -0.05) is 6.92 Å². The van der Waals surface area contributed by atoms with E-state index in [0.29, 0.717) is 11.8 Å². The van der Waals surface area contributed by atoms with E-state index in [1.165, 1.54) is 12.8 Å². The molecule has 2 N–H and O–H groups in total. The lowest BCUT2D eigenvalue weighted by atomic mass is 9.92. The van der Waals surface area contributed by atoms with Crippen LogP contribution in [0, 0.1) is 11.8 Å². The lowest BCUT2D eigenvalue weighted by Crippen LogP contribution is -2.43. The first kappa shape index (κ1) is 12.0. The van der Waals surface area contributed by atoms with Crippen LogP contribution in [-0.2, 0) is 9.47 Å². The molecule has 0 saturated heterocycles. The summed E-state index contributed by atoms with van der Waals surface area (Å²) in [5, 5.41) is 0. The van der Waals surface area contributed by atoms with E-state index in [-0.39, 0.29) is 12.1 Å². The Morgan fingerprint density at radius 1 is 1.36 bits per heavy atom. The highest BCUT2D eigenvalue weighted by atomic mass is 16.5. The third-order valence-corrected chi connectivity index (χ3v) is 3.17. The molecule has 0 aromatic carbocycles. The molecule has 3 atom stereocenters. The Morgan fingerprint density at radius 3 is 2.43 bits per heavy atom. The molecule has 1 saturated carbocycles. The molecule has 0 aliphatic heterocycles. The van der Waals surface area contributed by atoms with Crippen molar-refractivity contribution in [3.8, 4) is 0 Å². The van der Waals surface area contributed by atoms with E-state index >= 15 is 0 Å². The standard InChI is InChI=1S/C11H23NO2/c1-8(6-7-13-2)10(12)11(14-3)9-4-5-9/h8-11H,4-7,12H2,1-3H3. The van der Waals surface area contributed by atoms with E-state index in [1.54, 1.807) is 14.2 Å². The van der Waals surface area contributed by atoms with Crippen LogP contribution in [0.25, 0.3) is 0 Å². The molecule has 1 aliphatic carbocycles. The fraction of sp³-hybridized carbons (Fsp3) is 1.00. The molecule has 0 heterocycles. The molecule has 84 valence electrons.